The minimum absolute atomic E-state index is 0.140. The Hall–Kier alpha value is -2.87. The van der Waals surface area contributed by atoms with Crippen LogP contribution in [0.2, 0.25) is 0 Å². The predicted molar refractivity (Wildman–Crippen MR) is 114 cm³/mol. The third-order valence-electron chi connectivity index (χ3n) is 4.02. The summed E-state index contributed by atoms with van der Waals surface area (Å²) in [5.41, 5.74) is 0.284. The van der Waals surface area contributed by atoms with Gasteiger partial charge in [-0.1, -0.05) is 13.3 Å². The molecule has 1 amide bonds. The van der Waals surface area contributed by atoms with Gasteiger partial charge in [-0.2, -0.15) is 0 Å². The van der Waals surface area contributed by atoms with E-state index < -0.39 is 5.97 Å². The lowest BCUT2D eigenvalue weighted by Gasteiger charge is -2.13. The summed E-state index contributed by atoms with van der Waals surface area (Å²) in [5.74, 6) is -0.0108. The number of hydrogen-bond acceptors (Lipinski definition) is 7. The molecular formula is C22H27NO6S. The number of esters is 1. The molecule has 162 valence electrons. The molecule has 0 unspecified atom stereocenters. The zero-order chi connectivity index (χ0) is 21.9. The van der Waals surface area contributed by atoms with Crippen LogP contribution in [0.5, 0.6) is 11.5 Å². The first-order chi connectivity index (χ1) is 14.4. The largest absolute Gasteiger partial charge is 0.490 e. The summed E-state index contributed by atoms with van der Waals surface area (Å²) in [4.78, 5) is 37.0. The van der Waals surface area contributed by atoms with Gasteiger partial charge < -0.3 is 19.5 Å². The third-order valence-corrected chi connectivity index (χ3v) is 5.14. The molecule has 0 fully saturated rings. The fourth-order valence-electron chi connectivity index (χ4n) is 2.47. The van der Waals surface area contributed by atoms with E-state index in [1.807, 2.05) is 6.92 Å². The van der Waals surface area contributed by atoms with Crippen molar-refractivity contribution >= 4 is 29.0 Å². The van der Waals surface area contributed by atoms with Gasteiger partial charge in [0.15, 0.2) is 18.1 Å². The van der Waals surface area contributed by atoms with Gasteiger partial charge in [0.25, 0.3) is 0 Å². The number of rotatable bonds is 12. The number of hydrogen-bond donors (Lipinski definition) is 1. The van der Waals surface area contributed by atoms with E-state index in [9.17, 15) is 14.4 Å². The molecule has 2 aromatic rings. The molecule has 30 heavy (non-hydrogen) atoms. The Morgan fingerprint density at radius 2 is 1.83 bits per heavy atom. The number of ether oxygens (including phenoxy) is 3. The second kappa shape index (κ2) is 12.0. The lowest BCUT2D eigenvalue weighted by atomic mass is 10.2. The highest BCUT2D eigenvalue weighted by atomic mass is 32.1. The quantitative estimate of drug-likeness (QED) is 0.309. The second-order valence-corrected chi connectivity index (χ2v) is 7.64. The molecule has 1 aromatic carbocycles. The maximum absolute atomic E-state index is 12.4. The number of unbranched alkanes of at least 4 members (excludes halogenated alkanes) is 1. The lowest BCUT2D eigenvalue weighted by molar-refractivity contribution is -0.119. The van der Waals surface area contributed by atoms with Crippen LogP contribution >= 0.6 is 11.3 Å². The van der Waals surface area contributed by atoms with E-state index in [4.69, 9.17) is 14.2 Å². The summed E-state index contributed by atoms with van der Waals surface area (Å²) >= 11 is 1.26. The monoisotopic (exact) mass is 433 g/mol. The summed E-state index contributed by atoms with van der Waals surface area (Å²) in [6.45, 7) is 6.35. The van der Waals surface area contributed by atoms with Crippen LogP contribution in [-0.4, -0.2) is 37.5 Å². The van der Waals surface area contributed by atoms with Crippen LogP contribution < -0.4 is 14.8 Å². The summed E-state index contributed by atoms with van der Waals surface area (Å²) in [5, 5.41) is 2.67. The fourth-order valence-corrected chi connectivity index (χ4v) is 3.34. The standard InChI is InChI=1S/C22H27NO6S/c1-4-6-11-28-19-9-7-16(12-20(19)27-5-2)22(26)29-14-18(25)21-10-8-17(30-21)13-23-15(3)24/h7-10,12H,4-6,11,13-14H2,1-3H3,(H,23,24). The number of carbonyl (C=O) groups is 3. The van der Waals surface area contributed by atoms with Crippen LogP contribution in [0.1, 0.15) is 58.5 Å². The summed E-state index contributed by atoms with van der Waals surface area (Å²) in [7, 11) is 0. The minimum Gasteiger partial charge on any atom is -0.490 e. The van der Waals surface area contributed by atoms with E-state index >= 15 is 0 Å². The highest BCUT2D eigenvalue weighted by Gasteiger charge is 2.16. The zero-order valence-corrected chi connectivity index (χ0v) is 18.3. The van der Waals surface area contributed by atoms with Crippen molar-refractivity contribution in [3.8, 4) is 11.5 Å². The van der Waals surface area contributed by atoms with E-state index in [1.165, 1.54) is 18.3 Å². The van der Waals surface area contributed by atoms with Crippen molar-refractivity contribution in [1.82, 2.24) is 5.32 Å². The van der Waals surface area contributed by atoms with E-state index in [0.29, 0.717) is 36.1 Å². The lowest BCUT2D eigenvalue weighted by Crippen LogP contribution is -2.18. The molecule has 0 aliphatic heterocycles. The van der Waals surface area contributed by atoms with E-state index in [1.54, 1.807) is 30.3 Å². The van der Waals surface area contributed by atoms with Gasteiger partial charge in [-0.25, -0.2) is 4.79 Å². The number of Topliss-reactive ketones (excluding diaryl/α,β-unsaturated/α-hetero) is 1. The van der Waals surface area contributed by atoms with E-state index in [-0.39, 0.29) is 23.9 Å². The Morgan fingerprint density at radius 3 is 2.53 bits per heavy atom. The number of thiophene rings is 1. The number of nitrogens with one attached hydrogen (secondary N) is 1. The topological polar surface area (TPSA) is 90.9 Å². The second-order valence-electron chi connectivity index (χ2n) is 6.47. The first-order valence-electron chi connectivity index (χ1n) is 9.87. The van der Waals surface area contributed by atoms with Gasteiger partial charge in [0, 0.05) is 11.8 Å². The molecule has 1 aromatic heterocycles. The Bertz CT molecular complexity index is 876. The summed E-state index contributed by atoms with van der Waals surface area (Å²) < 4.78 is 16.4. The van der Waals surface area contributed by atoms with Crippen LogP contribution in [0.4, 0.5) is 0 Å². The number of benzene rings is 1. The Balaban J connectivity index is 1.95. The van der Waals surface area contributed by atoms with Gasteiger partial charge in [0.2, 0.25) is 11.7 Å². The van der Waals surface area contributed by atoms with Gasteiger partial charge in [0.05, 0.1) is 30.2 Å². The average molecular weight is 434 g/mol. The first kappa shape index (κ1) is 23.4. The Labute approximate surface area is 180 Å². The predicted octanol–water partition coefficient (Wildman–Crippen LogP) is 4.00. The summed E-state index contributed by atoms with van der Waals surface area (Å²) in [6, 6.07) is 8.25. The normalized spacial score (nSPS) is 10.4. The van der Waals surface area contributed by atoms with Crippen LogP contribution in [0.15, 0.2) is 30.3 Å². The molecule has 0 saturated heterocycles. The maximum Gasteiger partial charge on any atom is 0.338 e. The van der Waals surface area contributed by atoms with Gasteiger partial charge in [0.1, 0.15) is 0 Å². The van der Waals surface area contributed by atoms with Crippen molar-refractivity contribution in [3.63, 3.8) is 0 Å². The number of amides is 1. The van der Waals surface area contributed by atoms with Crippen molar-refractivity contribution in [3.05, 3.63) is 45.6 Å². The number of ketones is 1. The molecule has 0 spiro atoms. The molecule has 0 radical (unpaired) electrons. The Morgan fingerprint density at radius 1 is 1.03 bits per heavy atom. The van der Waals surface area contributed by atoms with Crippen molar-refractivity contribution in [2.24, 2.45) is 0 Å². The third kappa shape index (κ3) is 7.18. The first-order valence-corrected chi connectivity index (χ1v) is 10.7. The Kier molecular flexibility index (Phi) is 9.34. The van der Waals surface area contributed by atoms with Crippen molar-refractivity contribution in [2.75, 3.05) is 19.8 Å². The van der Waals surface area contributed by atoms with Crippen molar-refractivity contribution in [2.45, 2.75) is 40.2 Å². The van der Waals surface area contributed by atoms with E-state index in [2.05, 4.69) is 12.2 Å². The molecule has 0 aliphatic rings. The molecule has 0 bridgehead atoms. The van der Waals surface area contributed by atoms with Crippen molar-refractivity contribution < 1.29 is 28.6 Å². The highest BCUT2D eigenvalue weighted by Crippen LogP contribution is 2.29. The molecule has 7 nitrogen and oxygen atoms in total. The molecule has 0 atom stereocenters. The molecule has 1 N–H and O–H groups in total. The summed E-state index contributed by atoms with van der Waals surface area (Å²) in [6.07, 6.45) is 1.94. The van der Waals surface area contributed by atoms with Gasteiger partial charge >= 0.3 is 5.97 Å². The van der Waals surface area contributed by atoms with Crippen molar-refractivity contribution in [1.29, 1.82) is 0 Å². The van der Waals surface area contributed by atoms with E-state index in [0.717, 1.165) is 17.7 Å². The molecule has 0 saturated carbocycles. The number of carbonyl (C=O) groups excluding carboxylic acids is 3. The SMILES string of the molecule is CCCCOc1ccc(C(=O)OCC(=O)c2ccc(CNC(C)=O)s2)cc1OCC. The van der Waals surface area contributed by atoms with Gasteiger partial charge in [-0.05, 0) is 43.7 Å². The maximum atomic E-state index is 12.4. The fraction of sp³-hybridized carbons (Fsp3) is 0.409. The van der Waals surface area contributed by atoms with Crippen LogP contribution in [0, 0.1) is 0 Å². The molecule has 8 heteroatoms. The van der Waals surface area contributed by atoms with Gasteiger partial charge in [-0.15, -0.1) is 11.3 Å². The van der Waals surface area contributed by atoms with Crippen LogP contribution in [0.3, 0.4) is 0 Å². The molecular weight excluding hydrogens is 406 g/mol. The van der Waals surface area contributed by atoms with Crippen LogP contribution in [0.25, 0.3) is 0 Å². The minimum atomic E-state index is -0.612. The highest BCUT2D eigenvalue weighted by molar-refractivity contribution is 7.14. The van der Waals surface area contributed by atoms with Gasteiger partial charge in [-0.3, -0.25) is 9.59 Å². The molecule has 2 rings (SSSR count). The zero-order valence-electron chi connectivity index (χ0n) is 17.5. The molecule has 0 aliphatic carbocycles. The average Bonchev–Trinajstić information content (AvgIpc) is 3.21. The van der Waals surface area contributed by atoms with Crippen LogP contribution in [-0.2, 0) is 16.1 Å². The smallest absolute Gasteiger partial charge is 0.338 e. The molecule has 1 heterocycles.